The molecule has 8 heteroatoms. The molecule has 0 radical (unpaired) electrons. The molecule has 0 amide bonds. The summed E-state index contributed by atoms with van der Waals surface area (Å²) in [6.45, 7) is 9.23. The van der Waals surface area contributed by atoms with Crippen molar-refractivity contribution in [1.82, 2.24) is 14.8 Å². The predicted octanol–water partition coefficient (Wildman–Crippen LogP) is 6.38. The van der Waals surface area contributed by atoms with Crippen LogP contribution < -0.4 is 10.1 Å². The van der Waals surface area contributed by atoms with E-state index in [1.54, 1.807) is 11.8 Å². The van der Waals surface area contributed by atoms with Gasteiger partial charge in [0, 0.05) is 33.5 Å². The van der Waals surface area contributed by atoms with Gasteiger partial charge in [-0.1, -0.05) is 61.8 Å². The molecule has 2 aromatic rings. The number of hydrogen-bond acceptors (Lipinski definition) is 6. The van der Waals surface area contributed by atoms with Crippen LogP contribution in [0.4, 0.5) is 5.95 Å². The van der Waals surface area contributed by atoms with Crippen molar-refractivity contribution in [2.75, 3.05) is 17.7 Å². The summed E-state index contributed by atoms with van der Waals surface area (Å²) in [6.07, 6.45) is 4.41. The second kappa shape index (κ2) is 9.59. The molecule has 1 atom stereocenters. The quantitative estimate of drug-likeness (QED) is 0.323. The van der Waals surface area contributed by atoms with Crippen molar-refractivity contribution in [3.05, 3.63) is 39.5 Å². The number of halogens is 1. The fourth-order valence-electron chi connectivity index (χ4n) is 4.32. The lowest BCUT2D eigenvalue weighted by molar-refractivity contribution is -0.118. The van der Waals surface area contributed by atoms with E-state index >= 15 is 0 Å². The normalized spacial score (nSPS) is 19.4. The maximum absolute atomic E-state index is 13.5. The molecule has 0 spiro atoms. The van der Waals surface area contributed by atoms with E-state index in [-0.39, 0.29) is 17.2 Å². The van der Waals surface area contributed by atoms with Crippen molar-refractivity contribution in [3.8, 4) is 5.75 Å². The van der Waals surface area contributed by atoms with Crippen molar-refractivity contribution in [3.63, 3.8) is 0 Å². The van der Waals surface area contributed by atoms with E-state index in [4.69, 9.17) is 14.8 Å². The zero-order valence-electron chi connectivity index (χ0n) is 19.2. The number of nitrogens with one attached hydrogen (secondary N) is 1. The first-order valence-corrected chi connectivity index (χ1v) is 13.2. The Hall–Kier alpha value is -1.80. The average Bonchev–Trinajstić information content (AvgIpc) is 3.13. The number of thioether (sulfide) groups is 1. The summed E-state index contributed by atoms with van der Waals surface area (Å²) in [5.41, 5.74) is 2.60. The molecule has 0 saturated carbocycles. The van der Waals surface area contributed by atoms with Gasteiger partial charge in [-0.2, -0.15) is 4.98 Å². The Kier molecular flexibility index (Phi) is 7.00. The summed E-state index contributed by atoms with van der Waals surface area (Å²) < 4.78 is 9.01. The van der Waals surface area contributed by atoms with Crippen molar-refractivity contribution in [2.24, 2.45) is 5.41 Å². The summed E-state index contributed by atoms with van der Waals surface area (Å²) in [7, 11) is 0. The predicted molar refractivity (Wildman–Crippen MR) is 132 cm³/mol. The van der Waals surface area contributed by atoms with E-state index < -0.39 is 0 Å². The van der Waals surface area contributed by atoms with Crippen LogP contribution in [-0.2, 0) is 4.79 Å². The maximum atomic E-state index is 13.5. The molecule has 0 bridgehead atoms. The van der Waals surface area contributed by atoms with Crippen LogP contribution in [0.15, 0.2) is 39.1 Å². The Morgan fingerprint density at radius 3 is 2.84 bits per heavy atom. The number of aromatic nitrogens is 3. The zero-order chi connectivity index (χ0) is 22.9. The van der Waals surface area contributed by atoms with E-state index in [0.29, 0.717) is 19.0 Å². The summed E-state index contributed by atoms with van der Waals surface area (Å²) in [5, 5.41) is 9.00. The molecular weight excluding hydrogens is 488 g/mol. The van der Waals surface area contributed by atoms with Crippen molar-refractivity contribution < 1.29 is 9.53 Å². The molecule has 2 heterocycles. The highest BCUT2D eigenvalue weighted by Gasteiger charge is 2.42. The third-order valence-corrected chi connectivity index (χ3v) is 7.31. The van der Waals surface area contributed by atoms with Gasteiger partial charge in [0.2, 0.25) is 11.1 Å². The molecule has 1 aromatic heterocycles. The molecule has 1 N–H and O–H groups in total. The van der Waals surface area contributed by atoms with Crippen LogP contribution in [0.5, 0.6) is 5.75 Å². The highest BCUT2D eigenvalue weighted by atomic mass is 79.9. The maximum Gasteiger partial charge on any atom is 0.227 e. The molecule has 32 heavy (non-hydrogen) atoms. The van der Waals surface area contributed by atoms with Crippen LogP contribution in [0.25, 0.3) is 0 Å². The summed E-state index contributed by atoms with van der Waals surface area (Å²) in [4.78, 5) is 18.2. The molecule has 6 nitrogen and oxygen atoms in total. The number of hydrogen-bond donors (Lipinski definition) is 1. The molecule has 1 unspecified atom stereocenters. The van der Waals surface area contributed by atoms with Gasteiger partial charge in [0.15, 0.2) is 5.78 Å². The Bertz CT molecular complexity index is 1050. The zero-order valence-corrected chi connectivity index (χ0v) is 21.6. The lowest BCUT2D eigenvalue weighted by Crippen LogP contribution is -2.36. The molecule has 1 aromatic carbocycles. The van der Waals surface area contributed by atoms with E-state index in [1.165, 1.54) is 0 Å². The Morgan fingerprint density at radius 2 is 2.09 bits per heavy atom. The number of nitrogens with zero attached hydrogens (tertiary/aromatic N) is 3. The van der Waals surface area contributed by atoms with Crippen LogP contribution in [0, 0.1) is 5.41 Å². The van der Waals surface area contributed by atoms with Gasteiger partial charge < -0.3 is 10.1 Å². The standard InChI is InChI=1S/C24H31BrN4O2S/c1-5-7-10-31-19-9-8-15(25)12-16(19)21-20-17(13-24(3,4)14-18(20)30)26-22-27-23(28-29(21)22)32-11-6-2/h8-9,12,21H,5-7,10-11,13-14H2,1-4H3,(H,26,27,28). The number of unbranched alkanes of at least 4 members (excludes halogenated alkanes) is 1. The van der Waals surface area contributed by atoms with Crippen molar-refractivity contribution >= 4 is 39.4 Å². The highest BCUT2D eigenvalue weighted by Crippen LogP contribution is 2.47. The van der Waals surface area contributed by atoms with Gasteiger partial charge >= 0.3 is 0 Å². The van der Waals surface area contributed by atoms with Gasteiger partial charge in [0.25, 0.3) is 0 Å². The molecule has 172 valence electrons. The molecular formula is C24H31BrN4O2S. The molecule has 2 aliphatic rings. The van der Waals surface area contributed by atoms with Gasteiger partial charge in [0.05, 0.1) is 6.61 Å². The van der Waals surface area contributed by atoms with Crippen LogP contribution in [0.2, 0.25) is 0 Å². The minimum atomic E-state index is -0.359. The third-order valence-electron chi connectivity index (χ3n) is 5.77. The van der Waals surface area contributed by atoms with Gasteiger partial charge in [-0.3, -0.25) is 4.79 Å². The first kappa shape index (κ1) is 23.4. The number of allylic oxidation sites excluding steroid dienone is 2. The summed E-state index contributed by atoms with van der Waals surface area (Å²) >= 11 is 5.27. The van der Waals surface area contributed by atoms with Crippen LogP contribution in [0.3, 0.4) is 0 Å². The average molecular weight is 520 g/mol. The number of ketones is 1. The van der Waals surface area contributed by atoms with E-state index in [9.17, 15) is 4.79 Å². The number of carbonyl (C=O) groups excluding carboxylic acids is 1. The number of ether oxygens (including phenoxy) is 1. The smallest absolute Gasteiger partial charge is 0.227 e. The van der Waals surface area contributed by atoms with Crippen molar-refractivity contribution in [1.29, 1.82) is 0 Å². The third kappa shape index (κ3) is 4.76. The largest absolute Gasteiger partial charge is 0.493 e. The van der Waals surface area contributed by atoms with E-state index in [2.05, 4.69) is 55.0 Å². The molecule has 4 rings (SSSR count). The SMILES string of the molecule is CCCCOc1ccc(Br)cc1C1C2=C(CC(C)(C)CC2=O)Nc2nc(SCCC)nn21. The minimum absolute atomic E-state index is 0.0901. The van der Waals surface area contributed by atoms with E-state index in [0.717, 1.165) is 63.6 Å². The second-order valence-electron chi connectivity index (χ2n) is 9.26. The van der Waals surface area contributed by atoms with Gasteiger partial charge in [0.1, 0.15) is 11.8 Å². The lowest BCUT2D eigenvalue weighted by atomic mass is 9.73. The Balaban J connectivity index is 1.85. The topological polar surface area (TPSA) is 69.0 Å². The molecule has 0 saturated heterocycles. The van der Waals surface area contributed by atoms with Gasteiger partial charge in [-0.15, -0.1) is 5.10 Å². The summed E-state index contributed by atoms with van der Waals surface area (Å²) in [5.74, 6) is 2.60. The number of carbonyl (C=O) groups is 1. The highest BCUT2D eigenvalue weighted by molar-refractivity contribution is 9.10. The Morgan fingerprint density at radius 1 is 1.28 bits per heavy atom. The van der Waals surface area contributed by atoms with Gasteiger partial charge in [-0.25, -0.2) is 4.68 Å². The van der Waals surface area contributed by atoms with Crippen LogP contribution in [-0.4, -0.2) is 32.9 Å². The summed E-state index contributed by atoms with van der Waals surface area (Å²) in [6, 6.07) is 5.66. The lowest BCUT2D eigenvalue weighted by Gasteiger charge is -2.38. The number of anilines is 1. The first-order valence-electron chi connectivity index (χ1n) is 11.4. The fourth-order valence-corrected chi connectivity index (χ4v) is 5.38. The van der Waals surface area contributed by atoms with Crippen LogP contribution in [0.1, 0.15) is 71.4 Å². The molecule has 1 aliphatic heterocycles. The van der Waals surface area contributed by atoms with Crippen LogP contribution >= 0.6 is 27.7 Å². The fraction of sp³-hybridized carbons (Fsp3) is 0.542. The first-order chi connectivity index (χ1) is 15.3. The molecule has 1 aliphatic carbocycles. The minimum Gasteiger partial charge on any atom is -0.493 e. The number of benzene rings is 1. The van der Waals surface area contributed by atoms with Crippen molar-refractivity contribution in [2.45, 2.75) is 71.0 Å². The monoisotopic (exact) mass is 518 g/mol. The van der Waals surface area contributed by atoms with Gasteiger partial charge in [-0.05, 0) is 42.9 Å². The van der Waals surface area contributed by atoms with E-state index in [1.807, 2.05) is 16.8 Å². The Labute approximate surface area is 202 Å². The number of Topliss-reactive ketones (excluding diaryl/α,β-unsaturated/α-hetero) is 1. The second-order valence-corrected chi connectivity index (χ2v) is 11.2. The molecule has 0 fully saturated rings. The number of rotatable bonds is 8. The number of fused-ring (bicyclic) bond motifs is 1.